The summed E-state index contributed by atoms with van der Waals surface area (Å²) >= 11 is 0. The van der Waals surface area contributed by atoms with Crippen molar-refractivity contribution < 1.29 is 57.8 Å². The maximum atomic E-state index is 11.6. The SMILES string of the molecule is CC(=O)OCC1O[C@@H](OC(CO)CO)C(OC(C)=O)C(OC(C)=O)[C@@H]1OC(C)=O. The van der Waals surface area contributed by atoms with E-state index < -0.39 is 80.5 Å². The molecule has 5 atom stereocenters. The van der Waals surface area contributed by atoms with E-state index in [1.54, 1.807) is 0 Å². The Hall–Kier alpha value is -2.28. The second kappa shape index (κ2) is 11.7. The van der Waals surface area contributed by atoms with E-state index in [4.69, 9.17) is 28.4 Å². The van der Waals surface area contributed by atoms with Gasteiger partial charge in [0.15, 0.2) is 24.6 Å². The molecule has 2 N–H and O–H groups in total. The smallest absolute Gasteiger partial charge is 0.303 e. The van der Waals surface area contributed by atoms with Gasteiger partial charge in [-0.25, -0.2) is 0 Å². The standard InChI is InChI=1S/C17H26O12/c1-8(20)24-7-13-14(25-9(2)21)15(26-10(3)22)16(27-11(4)23)17(29-13)28-12(5-18)6-19/h12-19H,5-7H2,1-4H3/t13?,14-,15?,16?,17-/m1/s1. The van der Waals surface area contributed by atoms with Crippen LogP contribution < -0.4 is 0 Å². The van der Waals surface area contributed by atoms with E-state index in [0.29, 0.717) is 0 Å². The highest BCUT2D eigenvalue weighted by molar-refractivity contribution is 5.68. The quantitative estimate of drug-likeness (QED) is 0.325. The van der Waals surface area contributed by atoms with E-state index in [1.165, 1.54) is 0 Å². The van der Waals surface area contributed by atoms with Crippen LogP contribution in [-0.4, -0.2) is 90.7 Å². The van der Waals surface area contributed by atoms with Gasteiger partial charge in [0, 0.05) is 27.7 Å². The molecule has 3 unspecified atom stereocenters. The van der Waals surface area contributed by atoms with E-state index >= 15 is 0 Å². The van der Waals surface area contributed by atoms with Gasteiger partial charge >= 0.3 is 23.9 Å². The van der Waals surface area contributed by atoms with Crippen molar-refractivity contribution in [3.05, 3.63) is 0 Å². The van der Waals surface area contributed by atoms with E-state index in [1.807, 2.05) is 0 Å². The number of carbonyl (C=O) groups excluding carboxylic acids is 4. The number of aliphatic hydroxyl groups excluding tert-OH is 2. The van der Waals surface area contributed by atoms with Gasteiger partial charge in [-0.15, -0.1) is 0 Å². The Kier molecular flexibility index (Phi) is 9.95. The number of hydrogen-bond acceptors (Lipinski definition) is 12. The fourth-order valence-electron chi connectivity index (χ4n) is 2.63. The van der Waals surface area contributed by atoms with E-state index in [-0.39, 0.29) is 0 Å². The lowest BCUT2D eigenvalue weighted by Crippen LogP contribution is -2.63. The predicted octanol–water partition coefficient (Wildman–Crippen LogP) is -1.56. The lowest BCUT2D eigenvalue weighted by molar-refractivity contribution is -0.320. The van der Waals surface area contributed by atoms with Gasteiger partial charge in [0.25, 0.3) is 0 Å². The summed E-state index contributed by atoms with van der Waals surface area (Å²) < 4.78 is 31.6. The van der Waals surface area contributed by atoms with Gasteiger partial charge in [-0.1, -0.05) is 0 Å². The summed E-state index contributed by atoms with van der Waals surface area (Å²) in [5.74, 6) is -2.97. The molecule has 1 heterocycles. The van der Waals surface area contributed by atoms with Crippen LogP contribution in [0.1, 0.15) is 27.7 Å². The van der Waals surface area contributed by atoms with E-state index in [9.17, 15) is 29.4 Å². The number of carbonyl (C=O) groups is 4. The van der Waals surface area contributed by atoms with Crippen molar-refractivity contribution in [2.24, 2.45) is 0 Å². The summed E-state index contributed by atoms with van der Waals surface area (Å²) in [5.41, 5.74) is 0. The molecule has 0 spiro atoms. The summed E-state index contributed by atoms with van der Waals surface area (Å²) in [6.07, 6.45) is -7.81. The van der Waals surface area contributed by atoms with Crippen LogP contribution in [0, 0.1) is 0 Å². The maximum absolute atomic E-state index is 11.6. The third kappa shape index (κ3) is 7.93. The average molecular weight is 422 g/mol. The summed E-state index contributed by atoms with van der Waals surface area (Å²) in [6.45, 7) is 2.84. The summed E-state index contributed by atoms with van der Waals surface area (Å²) in [4.78, 5) is 46.0. The fourth-order valence-corrected chi connectivity index (χ4v) is 2.63. The van der Waals surface area contributed by atoms with Crippen molar-refractivity contribution in [1.29, 1.82) is 0 Å². The summed E-state index contributed by atoms with van der Waals surface area (Å²) in [5, 5.41) is 18.6. The van der Waals surface area contributed by atoms with Crippen molar-refractivity contribution in [3.63, 3.8) is 0 Å². The van der Waals surface area contributed by atoms with Crippen LogP contribution in [0.4, 0.5) is 0 Å². The van der Waals surface area contributed by atoms with Gasteiger partial charge in [-0.05, 0) is 0 Å². The molecule has 0 aromatic rings. The van der Waals surface area contributed by atoms with Crippen LogP contribution in [0.15, 0.2) is 0 Å². The molecule has 1 aliphatic rings. The van der Waals surface area contributed by atoms with Crippen molar-refractivity contribution >= 4 is 23.9 Å². The van der Waals surface area contributed by atoms with Gasteiger partial charge in [0.2, 0.25) is 0 Å². The summed E-state index contributed by atoms with van der Waals surface area (Å²) in [7, 11) is 0. The normalized spacial score (nSPS) is 26.5. The lowest BCUT2D eigenvalue weighted by atomic mass is 9.98. The zero-order valence-electron chi connectivity index (χ0n) is 16.6. The molecule has 0 saturated carbocycles. The summed E-state index contributed by atoms with van der Waals surface area (Å²) in [6, 6.07) is 0. The van der Waals surface area contributed by atoms with Crippen molar-refractivity contribution in [2.75, 3.05) is 19.8 Å². The Bertz CT molecular complexity index is 587. The van der Waals surface area contributed by atoms with Crippen molar-refractivity contribution in [1.82, 2.24) is 0 Å². The first kappa shape index (κ1) is 24.8. The van der Waals surface area contributed by atoms with Crippen molar-refractivity contribution in [3.8, 4) is 0 Å². The molecule has 0 amide bonds. The van der Waals surface area contributed by atoms with Crippen LogP contribution in [0.2, 0.25) is 0 Å². The molecular formula is C17H26O12. The van der Waals surface area contributed by atoms with Gasteiger partial charge < -0.3 is 38.6 Å². The molecule has 1 fully saturated rings. The Labute approximate surface area is 166 Å². The molecule has 166 valence electrons. The third-order valence-electron chi connectivity index (χ3n) is 3.68. The number of hydrogen-bond donors (Lipinski definition) is 2. The lowest BCUT2D eigenvalue weighted by Gasteiger charge is -2.44. The topological polar surface area (TPSA) is 164 Å². The number of ether oxygens (including phenoxy) is 6. The molecule has 0 radical (unpaired) electrons. The van der Waals surface area contributed by atoms with Crippen LogP contribution in [0.25, 0.3) is 0 Å². The Balaban J connectivity index is 3.31. The molecule has 29 heavy (non-hydrogen) atoms. The molecule has 1 saturated heterocycles. The molecule has 1 aliphatic heterocycles. The largest absolute Gasteiger partial charge is 0.463 e. The molecule has 0 bridgehead atoms. The highest BCUT2D eigenvalue weighted by Crippen LogP contribution is 2.30. The van der Waals surface area contributed by atoms with E-state index in [2.05, 4.69) is 0 Å². The highest BCUT2D eigenvalue weighted by Gasteiger charge is 2.53. The molecule has 1 rings (SSSR count). The predicted molar refractivity (Wildman–Crippen MR) is 91.0 cm³/mol. The Morgan fingerprint density at radius 2 is 1.28 bits per heavy atom. The molecule has 12 heteroatoms. The van der Waals surface area contributed by atoms with Crippen LogP contribution >= 0.6 is 0 Å². The van der Waals surface area contributed by atoms with E-state index in [0.717, 1.165) is 27.7 Å². The Morgan fingerprint density at radius 3 is 1.72 bits per heavy atom. The number of esters is 4. The van der Waals surface area contributed by atoms with Crippen LogP contribution in [0.5, 0.6) is 0 Å². The van der Waals surface area contributed by atoms with Gasteiger partial charge in [0.05, 0.1) is 13.2 Å². The van der Waals surface area contributed by atoms with Gasteiger partial charge in [0.1, 0.15) is 18.8 Å². The average Bonchev–Trinajstić information content (AvgIpc) is 2.61. The minimum Gasteiger partial charge on any atom is -0.463 e. The Morgan fingerprint density at radius 1 is 0.793 bits per heavy atom. The third-order valence-corrected chi connectivity index (χ3v) is 3.68. The first-order valence-corrected chi connectivity index (χ1v) is 8.76. The molecule has 0 aromatic carbocycles. The molecule has 12 nitrogen and oxygen atoms in total. The maximum Gasteiger partial charge on any atom is 0.303 e. The molecule has 0 aliphatic carbocycles. The van der Waals surface area contributed by atoms with Gasteiger partial charge in [-0.2, -0.15) is 0 Å². The number of rotatable bonds is 9. The molecule has 0 aromatic heterocycles. The highest BCUT2D eigenvalue weighted by atomic mass is 16.7. The first-order valence-electron chi connectivity index (χ1n) is 8.76. The second-order valence-corrected chi connectivity index (χ2v) is 6.19. The monoisotopic (exact) mass is 422 g/mol. The second-order valence-electron chi connectivity index (χ2n) is 6.19. The molecular weight excluding hydrogens is 396 g/mol. The first-order chi connectivity index (χ1) is 13.6. The number of aliphatic hydroxyl groups is 2. The van der Waals surface area contributed by atoms with Crippen LogP contribution in [-0.2, 0) is 47.6 Å². The zero-order chi connectivity index (χ0) is 22.1. The van der Waals surface area contributed by atoms with Gasteiger partial charge in [-0.3, -0.25) is 19.2 Å². The van der Waals surface area contributed by atoms with Crippen LogP contribution in [0.3, 0.4) is 0 Å². The minimum absolute atomic E-state index is 0.402. The zero-order valence-corrected chi connectivity index (χ0v) is 16.6. The fraction of sp³-hybridized carbons (Fsp3) is 0.765. The minimum atomic E-state index is -1.44. The van der Waals surface area contributed by atoms with Crippen molar-refractivity contribution in [2.45, 2.75) is 64.5 Å².